The van der Waals surface area contributed by atoms with Gasteiger partial charge in [0.05, 0.1) is 18.0 Å². The van der Waals surface area contributed by atoms with E-state index in [4.69, 9.17) is 16.9 Å². The van der Waals surface area contributed by atoms with Gasteiger partial charge < -0.3 is 4.57 Å². The third-order valence-corrected chi connectivity index (χ3v) is 3.39. The number of nitrogens with zero attached hydrogens (tertiary/aromatic N) is 3. The zero-order valence-corrected chi connectivity index (χ0v) is 11.2. The number of rotatable bonds is 2. The van der Waals surface area contributed by atoms with E-state index in [-0.39, 0.29) is 0 Å². The molecule has 0 aliphatic heterocycles. The van der Waals surface area contributed by atoms with Crippen LogP contribution in [0.5, 0.6) is 0 Å². The summed E-state index contributed by atoms with van der Waals surface area (Å²) in [5, 5.41) is 9.43. The molecule has 0 aliphatic carbocycles. The predicted octanol–water partition coefficient (Wildman–Crippen LogP) is 4.06. The first kappa shape index (κ1) is 12.5. The van der Waals surface area contributed by atoms with Gasteiger partial charge in [0.25, 0.3) is 0 Å². The molecule has 4 heteroatoms. The Kier molecular flexibility index (Phi) is 3.24. The number of imidazole rings is 1. The average molecular weight is 280 g/mol. The minimum atomic E-state index is 0.564. The molecule has 1 heterocycles. The van der Waals surface area contributed by atoms with Crippen molar-refractivity contribution in [2.24, 2.45) is 0 Å². The van der Waals surface area contributed by atoms with Crippen molar-refractivity contribution < 1.29 is 0 Å². The van der Waals surface area contributed by atoms with Gasteiger partial charge in [-0.15, -0.1) is 0 Å². The van der Waals surface area contributed by atoms with Gasteiger partial charge in [-0.3, -0.25) is 0 Å². The fourth-order valence-electron chi connectivity index (χ4n) is 2.04. The van der Waals surface area contributed by atoms with Crippen LogP contribution in [0.15, 0.2) is 61.2 Å². The Bertz CT molecular complexity index is 768. The fourth-order valence-corrected chi connectivity index (χ4v) is 2.33. The Hall–Kier alpha value is -2.57. The summed E-state index contributed by atoms with van der Waals surface area (Å²) in [6.07, 6.45) is 5.39. The number of hydrogen-bond donors (Lipinski definition) is 0. The summed E-state index contributed by atoms with van der Waals surface area (Å²) in [4.78, 5) is 4.02. The molecule has 0 bridgehead atoms. The van der Waals surface area contributed by atoms with E-state index in [0.29, 0.717) is 10.6 Å². The molecule has 0 aliphatic rings. The van der Waals surface area contributed by atoms with Gasteiger partial charge in [0.2, 0.25) is 0 Å². The maximum absolute atomic E-state index is 8.85. The van der Waals surface area contributed by atoms with Crippen molar-refractivity contribution in [2.75, 3.05) is 0 Å². The van der Waals surface area contributed by atoms with E-state index in [1.54, 1.807) is 24.7 Å². The molecule has 3 rings (SSSR count). The van der Waals surface area contributed by atoms with Crippen molar-refractivity contribution in [1.29, 1.82) is 5.26 Å². The minimum absolute atomic E-state index is 0.564. The van der Waals surface area contributed by atoms with Gasteiger partial charge >= 0.3 is 0 Å². The SMILES string of the molecule is N#Cc1ccc(-c2ccc(-n3ccnc3)cc2)c(Cl)c1. The first-order chi connectivity index (χ1) is 9.78. The summed E-state index contributed by atoms with van der Waals surface area (Å²) in [7, 11) is 0. The molecular formula is C16H10ClN3. The molecule has 0 saturated carbocycles. The molecule has 20 heavy (non-hydrogen) atoms. The maximum atomic E-state index is 8.85. The Morgan fingerprint density at radius 3 is 2.50 bits per heavy atom. The summed E-state index contributed by atoms with van der Waals surface area (Å²) in [5.41, 5.74) is 3.54. The highest BCUT2D eigenvalue weighted by Gasteiger charge is 2.05. The molecule has 0 spiro atoms. The quantitative estimate of drug-likeness (QED) is 0.710. The number of aromatic nitrogens is 2. The third kappa shape index (κ3) is 2.29. The maximum Gasteiger partial charge on any atom is 0.0992 e. The largest absolute Gasteiger partial charge is 0.306 e. The average Bonchev–Trinajstić information content (AvgIpc) is 3.01. The van der Waals surface area contributed by atoms with Crippen LogP contribution in [0.2, 0.25) is 5.02 Å². The molecule has 1 aromatic heterocycles. The standard InChI is InChI=1S/C16H10ClN3/c17-16-9-12(10-18)1-6-15(16)13-2-4-14(5-3-13)20-8-7-19-11-20/h1-9,11H. The van der Waals surface area contributed by atoms with Crippen LogP contribution in [-0.4, -0.2) is 9.55 Å². The topological polar surface area (TPSA) is 41.6 Å². The van der Waals surface area contributed by atoms with Gasteiger partial charge in [-0.25, -0.2) is 4.98 Å². The number of nitriles is 1. The minimum Gasteiger partial charge on any atom is -0.306 e. The lowest BCUT2D eigenvalue weighted by atomic mass is 10.0. The highest BCUT2D eigenvalue weighted by atomic mass is 35.5. The smallest absolute Gasteiger partial charge is 0.0992 e. The van der Waals surface area contributed by atoms with Crippen molar-refractivity contribution in [1.82, 2.24) is 9.55 Å². The van der Waals surface area contributed by atoms with Crippen LogP contribution < -0.4 is 0 Å². The second-order valence-corrected chi connectivity index (χ2v) is 4.73. The van der Waals surface area contributed by atoms with Crippen LogP contribution in [0, 0.1) is 11.3 Å². The second-order valence-electron chi connectivity index (χ2n) is 4.32. The van der Waals surface area contributed by atoms with E-state index < -0.39 is 0 Å². The summed E-state index contributed by atoms with van der Waals surface area (Å²) in [5.74, 6) is 0. The van der Waals surface area contributed by atoms with E-state index in [2.05, 4.69) is 11.1 Å². The molecular weight excluding hydrogens is 270 g/mol. The van der Waals surface area contributed by atoms with Crippen LogP contribution in [0.3, 0.4) is 0 Å². The Morgan fingerprint density at radius 2 is 1.90 bits per heavy atom. The molecule has 96 valence electrons. The molecule has 0 atom stereocenters. The summed E-state index contributed by atoms with van der Waals surface area (Å²) in [6, 6.07) is 15.4. The summed E-state index contributed by atoms with van der Waals surface area (Å²) in [6.45, 7) is 0. The fraction of sp³-hybridized carbons (Fsp3) is 0. The number of benzene rings is 2. The van der Waals surface area contributed by atoms with Crippen molar-refractivity contribution >= 4 is 11.6 Å². The van der Waals surface area contributed by atoms with E-state index in [1.807, 2.05) is 41.1 Å². The lowest BCUT2D eigenvalue weighted by molar-refractivity contribution is 1.06. The molecule has 0 amide bonds. The van der Waals surface area contributed by atoms with Crippen molar-refractivity contribution in [3.05, 3.63) is 71.8 Å². The Labute approximate surface area is 121 Å². The first-order valence-corrected chi connectivity index (χ1v) is 6.44. The van der Waals surface area contributed by atoms with Gasteiger partial charge in [-0.2, -0.15) is 5.26 Å². The normalized spacial score (nSPS) is 10.2. The highest BCUT2D eigenvalue weighted by molar-refractivity contribution is 6.33. The van der Waals surface area contributed by atoms with Crippen LogP contribution in [0.4, 0.5) is 0 Å². The zero-order chi connectivity index (χ0) is 13.9. The van der Waals surface area contributed by atoms with Crippen LogP contribution in [0.1, 0.15) is 5.56 Å². The summed E-state index contributed by atoms with van der Waals surface area (Å²) < 4.78 is 1.93. The van der Waals surface area contributed by atoms with E-state index in [1.165, 1.54) is 0 Å². The molecule has 2 aromatic carbocycles. The third-order valence-electron chi connectivity index (χ3n) is 3.08. The predicted molar refractivity (Wildman–Crippen MR) is 78.7 cm³/mol. The first-order valence-electron chi connectivity index (χ1n) is 6.06. The lowest BCUT2D eigenvalue weighted by Gasteiger charge is -2.07. The van der Waals surface area contributed by atoms with Gasteiger partial charge in [-0.1, -0.05) is 29.8 Å². The van der Waals surface area contributed by atoms with Crippen LogP contribution >= 0.6 is 11.6 Å². The van der Waals surface area contributed by atoms with Gasteiger partial charge in [0.1, 0.15) is 0 Å². The number of hydrogen-bond acceptors (Lipinski definition) is 2. The molecule has 3 aromatic rings. The lowest BCUT2D eigenvalue weighted by Crippen LogP contribution is -1.89. The van der Waals surface area contributed by atoms with Gasteiger partial charge in [0, 0.05) is 28.7 Å². The van der Waals surface area contributed by atoms with Crippen LogP contribution in [0.25, 0.3) is 16.8 Å². The highest BCUT2D eigenvalue weighted by Crippen LogP contribution is 2.29. The van der Waals surface area contributed by atoms with E-state index in [0.717, 1.165) is 16.8 Å². The molecule has 0 unspecified atom stereocenters. The number of halogens is 1. The molecule has 3 nitrogen and oxygen atoms in total. The zero-order valence-electron chi connectivity index (χ0n) is 10.5. The molecule has 0 saturated heterocycles. The van der Waals surface area contributed by atoms with Crippen molar-refractivity contribution in [3.63, 3.8) is 0 Å². The monoisotopic (exact) mass is 279 g/mol. The Morgan fingerprint density at radius 1 is 1.10 bits per heavy atom. The van der Waals surface area contributed by atoms with E-state index >= 15 is 0 Å². The van der Waals surface area contributed by atoms with Crippen LogP contribution in [-0.2, 0) is 0 Å². The summed E-state index contributed by atoms with van der Waals surface area (Å²) >= 11 is 6.22. The molecule has 0 radical (unpaired) electrons. The molecule has 0 N–H and O–H groups in total. The Balaban J connectivity index is 1.98. The van der Waals surface area contributed by atoms with Gasteiger partial charge in [0.15, 0.2) is 0 Å². The second kappa shape index (κ2) is 5.20. The van der Waals surface area contributed by atoms with E-state index in [9.17, 15) is 0 Å². The van der Waals surface area contributed by atoms with Gasteiger partial charge in [-0.05, 0) is 29.8 Å². The molecule has 0 fully saturated rings. The van der Waals surface area contributed by atoms with Crippen molar-refractivity contribution in [3.8, 4) is 22.9 Å². The van der Waals surface area contributed by atoms with Crippen molar-refractivity contribution in [2.45, 2.75) is 0 Å².